The van der Waals surface area contributed by atoms with Gasteiger partial charge >= 0.3 is 5.97 Å². The average Bonchev–Trinajstić information content (AvgIpc) is 2.82. The van der Waals surface area contributed by atoms with Crippen molar-refractivity contribution in [1.82, 2.24) is 4.90 Å². The predicted octanol–water partition coefficient (Wildman–Crippen LogP) is 2.02. The van der Waals surface area contributed by atoms with Crippen LogP contribution in [0, 0.1) is 0 Å². The molecule has 9 heteroatoms. The molecular formula is C18H13BrN2O6. The number of benzene rings is 2. The van der Waals surface area contributed by atoms with Gasteiger partial charge in [-0.25, -0.2) is 0 Å². The topological polar surface area (TPSA) is 124 Å². The Hall–Kier alpha value is -3.20. The average molecular weight is 433 g/mol. The summed E-state index contributed by atoms with van der Waals surface area (Å²) in [5, 5.41) is 21.1. The number of fused-ring (bicyclic) bond motifs is 1. The van der Waals surface area contributed by atoms with Gasteiger partial charge in [0.2, 0.25) is 5.91 Å². The second-order valence-electron chi connectivity index (χ2n) is 5.86. The Kier molecular flexibility index (Phi) is 4.95. The number of imide groups is 1. The van der Waals surface area contributed by atoms with E-state index in [4.69, 9.17) is 5.11 Å². The molecule has 0 saturated heterocycles. The van der Waals surface area contributed by atoms with E-state index in [9.17, 15) is 24.3 Å². The Labute approximate surface area is 161 Å². The van der Waals surface area contributed by atoms with Gasteiger partial charge in [-0.1, -0.05) is 22.0 Å². The first-order chi connectivity index (χ1) is 12.8. The molecule has 27 heavy (non-hydrogen) atoms. The number of hydrogen-bond donors (Lipinski definition) is 3. The van der Waals surface area contributed by atoms with Crippen LogP contribution in [0.1, 0.15) is 26.3 Å². The quantitative estimate of drug-likeness (QED) is 0.490. The molecule has 3 rings (SSSR count). The van der Waals surface area contributed by atoms with E-state index in [0.717, 1.165) is 4.90 Å². The number of amides is 3. The van der Waals surface area contributed by atoms with E-state index in [2.05, 4.69) is 21.2 Å². The number of carbonyl (C=O) groups is 4. The molecule has 0 atom stereocenters. The second kappa shape index (κ2) is 7.20. The molecule has 0 bridgehead atoms. The predicted molar refractivity (Wildman–Crippen MR) is 97.6 cm³/mol. The first-order valence-corrected chi connectivity index (χ1v) is 8.55. The van der Waals surface area contributed by atoms with Crippen molar-refractivity contribution in [1.29, 1.82) is 0 Å². The molecule has 8 nitrogen and oxygen atoms in total. The molecule has 138 valence electrons. The molecule has 0 radical (unpaired) electrons. The molecule has 2 aromatic rings. The smallest absolute Gasteiger partial charge is 0.307 e. The van der Waals surface area contributed by atoms with Crippen LogP contribution in [0.4, 0.5) is 5.69 Å². The van der Waals surface area contributed by atoms with Crippen LogP contribution in [0.15, 0.2) is 40.9 Å². The van der Waals surface area contributed by atoms with Gasteiger partial charge in [0.1, 0.15) is 12.3 Å². The third-order valence-corrected chi connectivity index (χ3v) is 4.42. The van der Waals surface area contributed by atoms with Gasteiger partial charge in [-0.3, -0.25) is 24.1 Å². The number of aromatic hydroxyl groups is 1. The van der Waals surface area contributed by atoms with Crippen molar-refractivity contribution in [2.45, 2.75) is 6.42 Å². The summed E-state index contributed by atoms with van der Waals surface area (Å²) >= 11 is 3.23. The van der Waals surface area contributed by atoms with Crippen LogP contribution in [0.2, 0.25) is 0 Å². The highest BCUT2D eigenvalue weighted by atomic mass is 79.9. The monoisotopic (exact) mass is 432 g/mol. The van der Waals surface area contributed by atoms with Crippen LogP contribution in [-0.2, 0) is 16.0 Å². The number of carboxylic acids is 1. The minimum atomic E-state index is -1.06. The second-order valence-corrected chi connectivity index (χ2v) is 6.77. The number of anilines is 1. The third-order valence-electron chi connectivity index (χ3n) is 3.92. The molecule has 0 saturated carbocycles. The van der Waals surface area contributed by atoms with Gasteiger partial charge in [0, 0.05) is 4.47 Å². The molecule has 3 N–H and O–H groups in total. The molecule has 0 aliphatic carbocycles. The fourth-order valence-electron chi connectivity index (χ4n) is 2.71. The van der Waals surface area contributed by atoms with Gasteiger partial charge in [0.05, 0.1) is 23.2 Å². The number of phenols is 1. The molecule has 1 aliphatic heterocycles. The molecule has 2 aromatic carbocycles. The Bertz CT molecular complexity index is 988. The molecule has 0 spiro atoms. The minimum Gasteiger partial charge on any atom is -0.506 e. The first kappa shape index (κ1) is 18.6. The summed E-state index contributed by atoms with van der Waals surface area (Å²) in [6.07, 6.45) is -0.281. The molecule has 1 aliphatic rings. The van der Waals surface area contributed by atoms with E-state index in [-0.39, 0.29) is 29.0 Å². The maximum absolute atomic E-state index is 12.4. The standard InChI is InChI=1S/C18H13BrN2O6/c19-10-2-3-11-12(7-10)18(27)21(17(11)26)8-15(23)20-13-5-9(6-16(24)25)1-4-14(13)22/h1-5,7,22H,6,8H2,(H,20,23)(H,24,25). The summed E-state index contributed by atoms with van der Waals surface area (Å²) < 4.78 is 0.633. The van der Waals surface area contributed by atoms with E-state index < -0.39 is 30.2 Å². The van der Waals surface area contributed by atoms with Crippen molar-refractivity contribution < 1.29 is 29.4 Å². The summed E-state index contributed by atoms with van der Waals surface area (Å²) in [5.74, 6) is -3.19. The van der Waals surface area contributed by atoms with E-state index in [1.54, 1.807) is 6.07 Å². The molecule has 1 heterocycles. The Morgan fingerprint density at radius 1 is 1.04 bits per heavy atom. The maximum Gasteiger partial charge on any atom is 0.307 e. The van der Waals surface area contributed by atoms with Gasteiger partial charge in [0.15, 0.2) is 0 Å². The number of phenolic OH excluding ortho intramolecular Hbond substituents is 1. The zero-order valence-electron chi connectivity index (χ0n) is 13.7. The van der Waals surface area contributed by atoms with Gasteiger partial charge in [-0.05, 0) is 35.9 Å². The van der Waals surface area contributed by atoms with E-state index >= 15 is 0 Å². The normalized spacial score (nSPS) is 12.9. The molecule has 0 unspecified atom stereocenters. The van der Waals surface area contributed by atoms with Gasteiger partial charge < -0.3 is 15.5 Å². The lowest BCUT2D eigenvalue weighted by Gasteiger charge is -2.14. The SMILES string of the molecule is O=C(O)Cc1ccc(O)c(NC(=O)CN2C(=O)c3ccc(Br)cc3C2=O)c1. The van der Waals surface area contributed by atoms with Crippen LogP contribution < -0.4 is 5.32 Å². The summed E-state index contributed by atoms with van der Waals surface area (Å²) in [4.78, 5) is 48.6. The number of halogens is 1. The molecular weight excluding hydrogens is 420 g/mol. The number of carbonyl (C=O) groups excluding carboxylic acids is 3. The van der Waals surface area contributed by atoms with Crippen molar-refractivity contribution in [3.05, 3.63) is 57.6 Å². The zero-order valence-corrected chi connectivity index (χ0v) is 15.3. The minimum absolute atomic E-state index is 0.00176. The fraction of sp³-hybridized carbons (Fsp3) is 0.111. The highest BCUT2D eigenvalue weighted by molar-refractivity contribution is 9.10. The van der Waals surface area contributed by atoms with Crippen LogP contribution >= 0.6 is 15.9 Å². The highest BCUT2D eigenvalue weighted by Crippen LogP contribution is 2.27. The lowest BCUT2D eigenvalue weighted by Crippen LogP contribution is -2.37. The van der Waals surface area contributed by atoms with Gasteiger partial charge in [0.25, 0.3) is 11.8 Å². The van der Waals surface area contributed by atoms with E-state index in [0.29, 0.717) is 10.0 Å². The molecule has 0 fully saturated rings. The summed E-state index contributed by atoms with van der Waals surface area (Å²) in [6.45, 7) is -0.535. The maximum atomic E-state index is 12.4. The summed E-state index contributed by atoms with van der Waals surface area (Å²) in [7, 11) is 0. The lowest BCUT2D eigenvalue weighted by atomic mass is 10.1. The van der Waals surface area contributed by atoms with Crippen molar-refractivity contribution in [2.24, 2.45) is 0 Å². The molecule has 3 amide bonds. The van der Waals surface area contributed by atoms with Crippen LogP contribution in [-0.4, -0.2) is 45.3 Å². The van der Waals surface area contributed by atoms with Crippen LogP contribution in [0.3, 0.4) is 0 Å². The first-order valence-electron chi connectivity index (χ1n) is 7.75. The largest absolute Gasteiger partial charge is 0.506 e. The lowest BCUT2D eigenvalue weighted by molar-refractivity contribution is -0.136. The van der Waals surface area contributed by atoms with Crippen molar-refractivity contribution in [2.75, 3.05) is 11.9 Å². The fourth-order valence-corrected chi connectivity index (χ4v) is 3.07. The van der Waals surface area contributed by atoms with Crippen molar-refractivity contribution >= 4 is 45.3 Å². The Balaban J connectivity index is 1.74. The Morgan fingerprint density at radius 3 is 2.44 bits per heavy atom. The highest BCUT2D eigenvalue weighted by Gasteiger charge is 2.36. The Morgan fingerprint density at radius 2 is 1.74 bits per heavy atom. The number of nitrogens with one attached hydrogen (secondary N) is 1. The zero-order chi connectivity index (χ0) is 19.7. The van der Waals surface area contributed by atoms with E-state index in [1.807, 2.05) is 0 Å². The van der Waals surface area contributed by atoms with E-state index in [1.165, 1.54) is 30.3 Å². The molecule has 0 aromatic heterocycles. The van der Waals surface area contributed by atoms with Crippen molar-refractivity contribution in [3.8, 4) is 5.75 Å². The third kappa shape index (κ3) is 3.82. The summed E-state index contributed by atoms with van der Waals surface area (Å²) in [6, 6.07) is 8.63. The summed E-state index contributed by atoms with van der Waals surface area (Å²) in [5.41, 5.74) is 0.787. The number of hydrogen-bond acceptors (Lipinski definition) is 5. The number of rotatable bonds is 5. The van der Waals surface area contributed by atoms with Gasteiger partial charge in [-0.2, -0.15) is 0 Å². The van der Waals surface area contributed by atoms with Gasteiger partial charge in [-0.15, -0.1) is 0 Å². The number of nitrogens with zero attached hydrogens (tertiary/aromatic N) is 1. The van der Waals surface area contributed by atoms with Crippen molar-refractivity contribution in [3.63, 3.8) is 0 Å². The number of carboxylic acid groups (broad SMARTS) is 1. The number of aliphatic carboxylic acids is 1. The van der Waals surface area contributed by atoms with Crippen LogP contribution in [0.5, 0.6) is 5.75 Å². The van der Waals surface area contributed by atoms with Crippen LogP contribution in [0.25, 0.3) is 0 Å².